The SMILES string of the molecule is Nc1ccc2c(c1)CCC2Nc1ccc(C(F)(F)F)cc1. The van der Waals surface area contributed by atoms with Crippen molar-refractivity contribution in [1.82, 2.24) is 0 Å². The van der Waals surface area contributed by atoms with Gasteiger partial charge in [0.05, 0.1) is 11.6 Å². The van der Waals surface area contributed by atoms with Gasteiger partial charge in [0.15, 0.2) is 0 Å². The summed E-state index contributed by atoms with van der Waals surface area (Å²) in [6, 6.07) is 11.1. The highest BCUT2D eigenvalue weighted by Gasteiger charge is 2.30. The molecule has 0 saturated carbocycles. The summed E-state index contributed by atoms with van der Waals surface area (Å²) < 4.78 is 37.6. The van der Waals surface area contributed by atoms with Crippen LogP contribution in [0.4, 0.5) is 24.5 Å². The summed E-state index contributed by atoms with van der Waals surface area (Å²) in [5.74, 6) is 0. The fraction of sp³-hybridized carbons (Fsp3) is 0.250. The van der Waals surface area contributed by atoms with Gasteiger partial charge in [-0.15, -0.1) is 0 Å². The van der Waals surface area contributed by atoms with E-state index in [1.807, 2.05) is 18.2 Å². The molecule has 5 heteroatoms. The van der Waals surface area contributed by atoms with E-state index in [-0.39, 0.29) is 6.04 Å². The third-order valence-corrected chi connectivity index (χ3v) is 3.80. The lowest BCUT2D eigenvalue weighted by molar-refractivity contribution is -0.137. The maximum Gasteiger partial charge on any atom is 0.416 e. The Morgan fingerprint density at radius 3 is 2.43 bits per heavy atom. The van der Waals surface area contributed by atoms with Crippen molar-refractivity contribution in [3.05, 3.63) is 59.2 Å². The molecule has 0 radical (unpaired) electrons. The third kappa shape index (κ3) is 2.82. The summed E-state index contributed by atoms with van der Waals surface area (Å²) in [6.07, 6.45) is -2.45. The summed E-state index contributed by atoms with van der Waals surface area (Å²) in [4.78, 5) is 0. The zero-order chi connectivity index (χ0) is 15.0. The Morgan fingerprint density at radius 1 is 1.05 bits per heavy atom. The van der Waals surface area contributed by atoms with Crippen molar-refractivity contribution >= 4 is 11.4 Å². The van der Waals surface area contributed by atoms with E-state index in [0.717, 1.165) is 30.7 Å². The highest BCUT2D eigenvalue weighted by atomic mass is 19.4. The van der Waals surface area contributed by atoms with Gasteiger partial charge in [0.1, 0.15) is 0 Å². The summed E-state index contributed by atoms with van der Waals surface area (Å²) in [6.45, 7) is 0. The Kier molecular flexibility index (Phi) is 3.27. The Labute approximate surface area is 120 Å². The fourth-order valence-electron chi connectivity index (χ4n) is 2.74. The molecule has 1 aliphatic carbocycles. The van der Waals surface area contributed by atoms with Crippen molar-refractivity contribution in [3.8, 4) is 0 Å². The molecule has 3 rings (SSSR count). The Balaban J connectivity index is 1.77. The molecule has 1 unspecified atom stereocenters. The van der Waals surface area contributed by atoms with Crippen molar-refractivity contribution < 1.29 is 13.2 Å². The third-order valence-electron chi connectivity index (χ3n) is 3.80. The van der Waals surface area contributed by atoms with Gasteiger partial charge in [-0.1, -0.05) is 6.07 Å². The predicted molar refractivity (Wildman–Crippen MR) is 77.0 cm³/mol. The maximum absolute atomic E-state index is 12.5. The molecule has 0 amide bonds. The highest BCUT2D eigenvalue weighted by molar-refractivity contribution is 5.52. The molecule has 2 aromatic carbocycles. The number of rotatable bonds is 2. The fourth-order valence-corrected chi connectivity index (χ4v) is 2.74. The normalized spacial score (nSPS) is 17.6. The summed E-state index contributed by atoms with van der Waals surface area (Å²) >= 11 is 0. The maximum atomic E-state index is 12.5. The summed E-state index contributed by atoms with van der Waals surface area (Å²) in [5, 5.41) is 3.29. The average Bonchev–Trinajstić information content (AvgIpc) is 2.80. The molecule has 0 bridgehead atoms. The average molecular weight is 292 g/mol. The van der Waals surface area contributed by atoms with Gasteiger partial charge in [-0.05, 0) is 60.4 Å². The van der Waals surface area contributed by atoms with Gasteiger partial charge in [0.2, 0.25) is 0 Å². The Hall–Kier alpha value is -2.17. The molecule has 0 spiro atoms. The minimum Gasteiger partial charge on any atom is -0.399 e. The van der Waals surface area contributed by atoms with Crippen molar-refractivity contribution in [1.29, 1.82) is 0 Å². The van der Waals surface area contributed by atoms with E-state index in [4.69, 9.17) is 5.73 Å². The van der Waals surface area contributed by atoms with E-state index in [9.17, 15) is 13.2 Å². The molecule has 0 fully saturated rings. The summed E-state index contributed by atoms with van der Waals surface area (Å²) in [5.41, 5.74) is 8.94. The number of nitrogen functional groups attached to an aromatic ring is 1. The molecule has 21 heavy (non-hydrogen) atoms. The van der Waals surface area contributed by atoms with Gasteiger partial charge in [-0.3, -0.25) is 0 Å². The van der Waals surface area contributed by atoms with Crippen LogP contribution in [-0.4, -0.2) is 0 Å². The van der Waals surface area contributed by atoms with Crippen LogP contribution in [-0.2, 0) is 12.6 Å². The number of hydrogen-bond acceptors (Lipinski definition) is 2. The van der Waals surface area contributed by atoms with E-state index in [2.05, 4.69) is 5.32 Å². The highest BCUT2D eigenvalue weighted by Crippen LogP contribution is 2.35. The number of aryl methyl sites for hydroxylation is 1. The van der Waals surface area contributed by atoms with E-state index < -0.39 is 11.7 Å². The van der Waals surface area contributed by atoms with Crippen molar-refractivity contribution in [2.24, 2.45) is 0 Å². The number of fused-ring (bicyclic) bond motifs is 1. The second kappa shape index (κ2) is 4.98. The van der Waals surface area contributed by atoms with Gasteiger partial charge >= 0.3 is 6.18 Å². The Bertz CT molecular complexity index is 648. The predicted octanol–water partition coefficient (Wildman–Crippen LogP) is 4.39. The van der Waals surface area contributed by atoms with Gasteiger partial charge in [-0.25, -0.2) is 0 Å². The second-order valence-corrected chi connectivity index (χ2v) is 5.27. The van der Waals surface area contributed by atoms with Crippen LogP contribution in [0.5, 0.6) is 0 Å². The van der Waals surface area contributed by atoms with Crippen molar-refractivity contribution in [2.45, 2.75) is 25.1 Å². The van der Waals surface area contributed by atoms with Crippen LogP contribution in [0.2, 0.25) is 0 Å². The number of benzene rings is 2. The van der Waals surface area contributed by atoms with Gasteiger partial charge in [0, 0.05) is 11.4 Å². The van der Waals surface area contributed by atoms with Crippen LogP contribution < -0.4 is 11.1 Å². The lowest BCUT2D eigenvalue weighted by atomic mass is 10.1. The molecule has 2 aromatic rings. The second-order valence-electron chi connectivity index (χ2n) is 5.27. The smallest absolute Gasteiger partial charge is 0.399 e. The van der Waals surface area contributed by atoms with E-state index in [0.29, 0.717) is 5.69 Å². The van der Waals surface area contributed by atoms with Crippen LogP contribution in [0.15, 0.2) is 42.5 Å². The van der Waals surface area contributed by atoms with Crippen LogP contribution >= 0.6 is 0 Å². The monoisotopic (exact) mass is 292 g/mol. The number of halogens is 3. The van der Waals surface area contributed by atoms with Crippen molar-refractivity contribution in [2.75, 3.05) is 11.1 Å². The molecule has 3 N–H and O–H groups in total. The number of anilines is 2. The van der Waals surface area contributed by atoms with Crippen LogP contribution in [0, 0.1) is 0 Å². The lowest BCUT2D eigenvalue weighted by Gasteiger charge is -2.16. The molecule has 0 aromatic heterocycles. The molecular formula is C16H15F3N2. The molecule has 2 nitrogen and oxygen atoms in total. The topological polar surface area (TPSA) is 38.0 Å². The molecule has 0 saturated heterocycles. The summed E-state index contributed by atoms with van der Waals surface area (Å²) in [7, 11) is 0. The molecule has 1 aliphatic rings. The minimum absolute atomic E-state index is 0.123. The van der Waals surface area contributed by atoms with E-state index >= 15 is 0 Å². The molecule has 1 atom stereocenters. The first-order chi connectivity index (χ1) is 9.93. The zero-order valence-electron chi connectivity index (χ0n) is 11.2. The van der Waals surface area contributed by atoms with Crippen LogP contribution in [0.1, 0.15) is 29.2 Å². The lowest BCUT2D eigenvalue weighted by Crippen LogP contribution is -2.08. The first kappa shape index (κ1) is 13.8. The standard InChI is InChI=1S/C16H15F3N2/c17-16(18,19)11-2-5-13(6-3-11)21-15-8-1-10-9-12(20)4-7-14(10)15/h2-7,9,15,21H,1,8,20H2. The van der Waals surface area contributed by atoms with Crippen molar-refractivity contribution in [3.63, 3.8) is 0 Å². The number of nitrogens with two attached hydrogens (primary N) is 1. The number of alkyl halides is 3. The first-order valence-corrected chi connectivity index (χ1v) is 6.75. The Morgan fingerprint density at radius 2 is 1.76 bits per heavy atom. The first-order valence-electron chi connectivity index (χ1n) is 6.75. The zero-order valence-corrected chi connectivity index (χ0v) is 11.2. The molecule has 110 valence electrons. The molecular weight excluding hydrogens is 277 g/mol. The number of hydrogen-bond donors (Lipinski definition) is 2. The van der Waals surface area contributed by atoms with Gasteiger partial charge in [-0.2, -0.15) is 13.2 Å². The van der Waals surface area contributed by atoms with Gasteiger partial charge < -0.3 is 11.1 Å². The molecule has 0 aliphatic heterocycles. The minimum atomic E-state index is -4.30. The van der Waals surface area contributed by atoms with Crippen LogP contribution in [0.3, 0.4) is 0 Å². The molecule has 0 heterocycles. The van der Waals surface area contributed by atoms with E-state index in [1.165, 1.54) is 23.3 Å². The quantitative estimate of drug-likeness (QED) is 0.806. The van der Waals surface area contributed by atoms with Crippen LogP contribution in [0.25, 0.3) is 0 Å². The van der Waals surface area contributed by atoms with Gasteiger partial charge in [0.25, 0.3) is 0 Å². The number of nitrogens with one attached hydrogen (secondary N) is 1. The largest absolute Gasteiger partial charge is 0.416 e. The van der Waals surface area contributed by atoms with E-state index in [1.54, 1.807) is 0 Å².